The van der Waals surface area contributed by atoms with Crippen molar-refractivity contribution in [1.29, 1.82) is 0 Å². The van der Waals surface area contributed by atoms with Gasteiger partial charge in [0.05, 0.1) is 12.7 Å². The summed E-state index contributed by atoms with van der Waals surface area (Å²) in [4.78, 5) is 0. The first-order valence-corrected chi connectivity index (χ1v) is 6.33. The second-order valence-corrected chi connectivity index (χ2v) is 4.42. The van der Waals surface area contributed by atoms with Crippen LogP contribution >= 0.6 is 0 Å². The van der Waals surface area contributed by atoms with Crippen LogP contribution in [0.2, 0.25) is 0 Å². The second kappa shape index (κ2) is 8.19. The van der Waals surface area contributed by atoms with Gasteiger partial charge in [0.25, 0.3) is 0 Å². The van der Waals surface area contributed by atoms with Crippen molar-refractivity contribution in [2.24, 2.45) is 0 Å². The summed E-state index contributed by atoms with van der Waals surface area (Å²) in [5.74, 6) is -0.290. The van der Waals surface area contributed by atoms with Gasteiger partial charge in [-0.05, 0) is 24.1 Å². The van der Waals surface area contributed by atoms with Gasteiger partial charge in [0.1, 0.15) is 5.82 Å². The molecule has 0 heterocycles. The number of halogens is 1. The smallest absolute Gasteiger partial charge is 0.123 e. The molecule has 2 N–H and O–H groups in total. The lowest BCUT2D eigenvalue weighted by molar-refractivity contribution is 0.135. The van der Waals surface area contributed by atoms with Crippen LogP contribution in [0.25, 0.3) is 0 Å². The standard InChI is InChI=1S/C14H22FNO2/c1-3-4-13(10-18-2)16-9-14(17)11-5-7-12(15)8-6-11/h5-8,13-14,16-17H,3-4,9-10H2,1-2H3. The van der Waals surface area contributed by atoms with E-state index < -0.39 is 6.10 Å². The Morgan fingerprint density at radius 2 is 2.00 bits per heavy atom. The van der Waals surface area contributed by atoms with Crippen LogP contribution in [0.1, 0.15) is 31.4 Å². The van der Waals surface area contributed by atoms with Gasteiger partial charge in [-0.15, -0.1) is 0 Å². The number of benzene rings is 1. The number of methoxy groups -OCH3 is 1. The van der Waals surface area contributed by atoms with E-state index in [2.05, 4.69) is 12.2 Å². The van der Waals surface area contributed by atoms with Crippen LogP contribution in [-0.4, -0.2) is 31.4 Å². The van der Waals surface area contributed by atoms with Crippen LogP contribution in [0, 0.1) is 5.82 Å². The van der Waals surface area contributed by atoms with E-state index in [0.29, 0.717) is 13.2 Å². The van der Waals surface area contributed by atoms with E-state index in [0.717, 1.165) is 18.4 Å². The third kappa shape index (κ3) is 5.12. The highest BCUT2D eigenvalue weighted by Crippen LogP contribution is 2.13. The van der Waals surface area contributed by atoms with Gasteiger partial charge in [0.2, 0.25) is 0 Å². The molecule has 1 aromatic carbocycles. The lowest BCUT2D eigenvalue weighted by Crippen LogP contribution is -2.36. The minimum Gasteiger partial charge on any atom is -0.387 e. The Bertz CT molecular complexity index is 323. The Hall–Kier alpha value is -0.970. The summed E-state index contributed by atoms with van der Waals surface area (Å²) in [6.45, 7) is 3.18. The van der Waals surface area contributed by atoms with E-state index in [-0.39, 0.29) is 11.9 Å². The molecule has 0 aliphatic carbocycles. The SMILES string of the molecule is CCCC(COC)NCC(O)c1ccc(F)cc1. The van der Waals surface area contributed by atoms with Crippen LogP contribution in [0.4, 0.5) is 4.39 Å². The summed E-state index contributed by atoms with van der Waals surface area (Å²) in [7, 11) is 1.67. The minimum absolute atomic E-state index is 0.245. The Morgan fingerprint density at radius 1 is 1.33 bits per heavy atom. The van der Waals surface area contributed by atoms with Gasteiger partial charge in [0.15, 0.2) is 0 Å². The summed E-state index contributed by atoms with van der Waals surface area (Å²) in [5, 5.41) is 13.2. The van der Waals surface area contributed by atoms with E-state index in [1.165, 1.54) is 12.1 Å². The number of ether oxygens (including phenoxy) is 1. The highest BCUT2D eigenvalue weighted by atomic mass is 19.1. The van der Waals surface area contributed by atoms with Crippen molar-refractivity contribution in [3.8, 4) is 0 Å². The molecule has 0 fully saturated rings. The Morgan fingerprint density at radius 3 is 2.56 bits per heavy atom. The molecule has 18 heavy (non-hydrogen) atoms. The zero-order chi connectivity index (χ0) is 13.4. The fourth-order valence-corrected chi connectivity index (χ4v) is 1.88. The minimum atomic E-state index is -0.623. The van der Waals surface area contributed by atoms with E-state index in [1.54, 1.807) is 19.2 Å². The zero-order valence-corrected chi connectivity index (χ0v) is 11.0. The lowest BCUT2D eigenvalue weighted by atomic mass is 10.1. The van der Waals surface area contributed by atoms with Crippen molar-refractivity contribution >= 4 is 0 Å². The van der Waals surface area contributed by atoms with Crippen molar-refractivity contribution in [2.75, 3.05) is 20.3 Å². The number of rotatable bonds is 8. The van der Waals surface area contributed by atoms with Crippen molar-refractivity contribution in [3.63, 3.8) is 0 Å². The van der Waals surface area contributed by atoms with Gasteiger partial charge in [-0.25, -0.2) is 4.39 Å². The molecule has 4 heteroatoms. The third-order valence-corrected chi connectivity index (χ3v) is 2.86. The lowest BCUT2D eigenvalue weighted by Gasteiger charge is -2.19. The number of nitrogens with one attached hydrogen (secondary N) is 1. The molecule has 0 saturated carbocycles. The van der Waals surface area contributed by atoms with E-state index in [9.17, 15) is 9.50 Å². The molecule has 0 amide bonds. The largest absolute Gasteiger partial charge is 0.387 e. The fourth-order valence-electron chi connectivity index (χ4n) is 1.88. The second-order valence-electron chi connectivity index (χ2n) is 4.42. The molecule has 2 unspecified atom stereocenters. The molecule has 0 radical (unpaired) electrons. The normalized spacial score (nSPS) is 14.4. The first kappa shape index (κ1) is 15.1. The van der Waals surface area contributed by atoms with Crippen molar-refractivity contribution in [3.05, 3.63) is 35.6 Å². The van der Waals surface area contributed by atoms with Crippen LogP contribution in [0.3, 0.4) is 0 Å². The molecule has 0 spiro atoms. The molecule has 102 valence electrons. The average molecular weight is 255 g/mol. The van der Waals surface area contributed by atoms with E-state index >= 15 is 0 Å². The zero-order valence-electron chi connectivity index (χ0n) is 11.0. The van der Waals surface area contributed by atoms with Gasteiger partial charge >= 0.3 is 0 Å². The summed E-state index contributed by atoms with van der Waals surface area (Å²) in [6.07, 6.45) is 1.44. The molecule has 3 nitrogen and oxygen atoms in total. The highest BCUT2D eigenvalue weighted by Gasteiger charge is 2.11. The maximum atomic E-state index is 12.8. The van der Waals surface area contributed by atoms with Crippen LogP contribution in [0.5, 0.6) is 0 Å². The molecular formula is C14H22FNO2. The van der Waals surface area contributed by atoms with Gasteiger partial charge in [-0.3, -0.25) is 0 Å². The Balaban J connectivity index is 2.43. The average Bonchev–Trinajstić information content (AvgIpc) is 2.37. The summed E-state index contributed by atoms with van der Waals surface area (Å²) in [5.41, 5.74) is 0.719. The predicted molar refractivity (Wildman–Crippen MR) is 69.9 cm³/mol. The van der Waals surface area contributed by atoms with E-state index in [1.807, 2.05) is 0 Å². The first-order valence-electron chi connectivity index (χ1n) is 6.33. The number of aliphatic hydroxyl groups is 1. The van der Waals surface area contributed by atoms with Gasteiger partial charge in [0, 0.05) is 19.7 Å². The topological polar surface area (TPSA) is 41.5 Å². The molecule has 0 bridgehead atoms. The maximum absolute atomic E-state index is 12.8. The molecule has 0 aromatic heterocycles. The number of hydrogen-bond acceptors (Lipinski definition) is 3. The van der Waals surface area contributed by atoms with E-state index in [4.69, 9.17) is 4.74 Å². The van der Waals surface area contributed by atoms with Crippen LogP contribution in [0.15, 0.2) is 24.3 Å². The molecule has 1 rings (SSSR count). The van der Waals surface area contributed by atoms with Gasteiger partial charge < -0.3 is 15.2 Å². The predicted octanol–water partition coefficient (Wildman–Crippen LogP) is 2.26. The van der Waals surface area contributed by atoms with Crippen molar-refractivity contribution < 1.29 is 14.2 Å². The number of hydrogen-bond donors (Lipinski definition) is 2. The Kier molecular flexibility index (Phi) is 6.86. The molecular weight excluding hydrogens is 233 g/mol. The monoisotopic (exact) mass is 255 g/mol. The molecule has 1 aromatic rings. The molecule has 0 aliphatic heterocycles. The first-order chi connectivity index (χ1) is 8.67. The summed E-state index contributed by atoms with van der Waals surface area (Å²) in [6, 6.07) is 6.17. The van der Waals surface area contributed by atoms with Crippen molar-refractivity contribution in [1.82, 2.24) is 5.32 Å². The van der Waals surface area contributed by atoms with Crippen LogP contribution in [-0.2, 0) is 4.74 Å². The Labute approximate surface area is 108 Å². The highest BCUT2D eigenvalue weighted by molar-refractivity contribution is 5.18. The van der Waals surface area contributed by atoms with Gasteiger partial charge in [-0.1, -0.05) is 25.5 Å². The maximum Gasteiger partial charge on any atom is 0.123 e. The fraction of sp³-hybridized carbons (Fsp3) is 0.571. The van der Waals surface area contributed by atoms with Crippen molar-refractivity contribution in [2.45, 2.75) is 31.9 Å². The molecule has 0 aliphatic rings. The summed E-state index contributed by atoms with van der Waals surface area (Å²) >= 11 is 0. The molecule has 0 saturated heterocycles. The van der Waals surface area contributed by atoms with Crippen LogP contribution < -0.4 is 5.32 Å². The van der Waals surface area contributed by atoms with Gasteiger partial charge in [-0.2, -0.15) is 0 Å². The summed E-state index contributed by atoms with van der Waals surface area (Å²) < 4.78 is 17.9. The third-order valence-electron chi connectivity index (χ3n) is 2.86. The quantitative estimate of drug-likeness (QED) is 0.748. The number of aliphatic hydroxyl groups excluding tert-OH is 1. The molecule has 2 atom stereocenters.